The largest absolute Gasteiger partial charge is 0.466 e. The van der Waals surface area contributed by atoms with E-state index < -0.39 is 18.0 Å². The van der Waals surface area contributed by atoms with Crippen LogP contribution in [0.1, 0.15) is 19.8 Å². The van der Waals surface area contributed by atoms with E-state index in [4.69, 9.17) is 14.2 Å². The van der Waals surface area contributed by atoms with Crippen molar-refractivity contribution in [2.24, 2.45) is 0 Å². The van der Waals surface area contributed by atoms with Crippen molar-refractivity contribution < 1.29 is 28.5 Å². The zero-order valence-corrected chi connectivity index (χ0v) is 10.1. The Labute approximate surface area is 100 Å². The van der Waals surface area contributed by atoms with E-state index in [1.165, 1.54) is 7.11 Å². The van der Waals surface area contributed by atoms with Crippen molar-refractivity contribution in [3.05, 3.63) is 0 Å². The lowest BCUT2D eigenvalue weighted by molar-refractivity contribution is -0.165. The molecule has 2 atom stereocenters. The minimum atomic E-state index is -0.705. The topological polar surface area (TPSA) is 71.1 Å². The molecule has 0 aromatic heterocycles. The molecule has 0 spiro atoms. The van der Waals surface area contributed by atoms with Crippen LogP contribution in [0.2, 0.25) is 0 Å². The van der Waals surface area contributed by atoms with Gasteiger partial charge >= 0.3 is 11.9 Å². The third-order valence-electron chi connectivity index (χ3n) is 2.45. The molecule has 1 heterocycles. The molecular weight excluding hydrogens is 228 g/mol. The highest BCUT2D eigenvalue weighted by Crippen LogP contribution is 2.12. The first-order chi connectivity index (χ1) is 8.13. The third kappa shape index (κ3) is 5.14. The van der Waals surface area contributed by atoms with Gasteiger partial charge in [-0.1, -0.05) is 0 Å². The number of esters is 2. The van der Waals surface area contributed by atoms with Gasteiger partial charge < -0.3 is 18.9 Å². The van der Waals surface area contributed by atoms with Crippen molar-refractivity contribution in [3.63, 3.8) is 0 Å². The molecule has 1 aliphatic heterocycles. The molecular formula is C11H18O6. The molecule has 17 heavy (non-hydrogen) atoms. The number of carbonyl (C=O) groups excluding carboxylic acids is 2. The van der Waals surface area contributed by atoms with Gasteiger partial charge in [-0.15, -0.1) is 0 Å². The molecule has 0 amide bonds. The molecule has 6 nitrogen and oxygen atoms in total. The average molecular weight is 246 g/mol. The summed E-state index contributed by atoms with van der Waals surface area (Å²) in [5, 5.41) is 0. The lowest BCUT2D eigenvalue weighted by Gasteiger charge is -2.15. The van der Waals surface area contributed by atoms with Gasteiger partial charge in [0.2, 0.25) is 0 Å². The quantitative estimate of drug-likeness (QED) is 0.627. The summed E-state index contributed by atoms with van der Waals surface area (Å²) in [4.78, 5) is 22.1. The summed E-state index contributed by atoms with van der Waals surface area (Å²) in [6, 6.07) is 0. The second-order valence-corrected chi connectivity index (χ2v) is 3.79. The Morgan fingerprint density at radius 2 is 2.24 bits per heavy atom. The summed E-state index contributed by atoms with van der Waals surface area (Å²) >= 11 is 0. The molecule has 1 fully saturated rings. The summed E-state index contributed by atoms with van der Waals surface area (Å²) < 4.78 is 19.7. The molecule has 2 unspecified atom stereocenters. The van der Waals surface area contributed by atoms with Gasteiger partial charge in [-0.25, -0.2) is 9.59 Å². The normalized spacial score (nSPS) is 20.9. The average Bonchev–Trinajstić information content (AvgIpc) is 2.85. The van der Waals surface area contributed by atoms with Gasteiger partial charge in [0.1, 0.15) is 0 Å². The predicted molar refractivity (Wildman–Crippen MR) is 57.4 cm³/mol. The second-order valence-electron chi connectivity index (χ2n) is 3.79. The summed E-state index contributed by atoms with van der Waals surface area (Å²) in [5.41, 5.74) is 0. The SMILES string of the molecule is COC(=O)COC(=O)C(C)OCC1CCCO1. The number of rotatable bonds is 6. The zero-order chi connectivity index (χ0) is 12.7. The van der Waals surface area contributed by atoms with Crippen molar-refractivity contribution in [2.75, 3.05) is 26.9 Å². The standard InChI is InChI=1S/C11H18O6/c1-8(11(13)17-7-10(12)14-2)16-6-9-4-3-5-15-9/h8-9H,3-7H2,1-2H3. The maximum atomic E-state index is 11.4. The van der Waals surface area contributed by atoms with E-state index in [1.54, 1.807) is 6.92 Å². The first kappa shape index (κ1) is 13.9. The fourth-order valence-electron chi connectivity index (χ4n) is 1.40. The van der Waals surface area contributed by atoms with Gasteiger partial charge in [-0.3, -0.25) is 0 Å². The molecule has 0 radical (unpaired) electrons. The summed E-state index contributed by atoms with van der Waals surface area (Å²) in [7, 11) is 1.23. The van der Waals surface area contributed by atoms with Crippen LogP contribution in [0.15, 0.2) is 0 Å². The Morgan fingerprint density at radius 1 is 1.47 bits per heavy atom. The van der Waals surface area contributed by atoms with Crippen LogP contribution in [0, 0.1) is 0 Å². The Bertz CT molecular complexity index is 259. The zero-order valence-electron chi connectivity index (χ0n) is 10.1. The molecule has 0 aromatic carbocycles. The van der Waals surface area contributed by atoms with Crippen molar-refractivity contribution in [1.29, 1.82) is 0 Å². The van der Waals surface area contributed by atoms with Crippen molar-refractivity contribution >= 4 is 11.9 Å². The van der Waals surface area contributed by atoms with E-state index in [0.29, 0.717) is 6.61 Å². The van der Waals surface area contributed by atoms with Gasteiger partial charge in [0.15, 0.2) is 12.7 Å². The van der Waals surface area contributed by atoms with Gasteiger partial charge in [0, 0.05) is 6.61 Å². The minimum absolute atomic E-state index is 0.0610. The van der Waals surface area contributed by atoms with E-state index in [9.17, 15) is 9.59 Å². The monoisotopic (exact) mass is 246 g/mol. The maximum absolute atomic E-state index is 11.4. The Morgan fingerprint density at radius 3 is 2.82 bits per heavy atom. The van der Waals surface area contributed by atoms with Crippen LogP contribution < -0.4 is 0 Å². The molecule has 0 bridgehead atoms. The molecule has 0 aromatic rings. The van der Waals surface area contributed by atoms with Crippen LogP contribution in [-0.4, -0.2) is 51.1 Å². The maximum Gasteiger partial charge on any atom is 0.344 e. The summed E-state index contributed by atoms with van der Waals surface area (Å²) in [6.07, 6.45) is 1.33. The minimum Gasteiger partial charge on any atom is -0.466 e. The third-order valence-corrected chi connectivity index (χ3v) is 2.45. The highest BCUT2D eigenvalue weighted by atomic mass is 16.6. The van der Waals surface area contributed by atoms with Crippen molar-refractivity contribution in [2.45, 2.75) is 32.0 Å². The first-order valence-electron chi connectivity index (χ1n) is 5.60. The molecule has 1 rings (SSSR count). The molecule has 0 saturated carbocycles. The van der Waals surface area contributed by atoms with Crippen LogP contribution in [0.5, 0.6) is 0 Å². The van der Waals surface area contributed by atoms with Gasteiger partial charge in [-0.2, -0.15) is 0 Å². The number of hydrogen-bond acceptors (Lipinski definition) is 6. The first-order valence-corrected chi connectivity index (χ1v) is 5.60. The molecule has 0 N–H and O–H groups in total. The highest BCUT2D eigenvalue weighted by Gasteiger charge is 2.21. The van der Waals surface area contributed by atoms with Crippen LogP contribution in [0.3, 0.4) is 0 Å². The molecule has 98 valence electrons. The van der Waals surface area contributed by atoms with E-state index in [-0.39, 0.29) is 12.7 Å². The fourth-order valence-corrected chi connectivity index (χ4v) is 1.40. The van der Waals surface area contributed by atoms with Crippen LogP contribution in [-0.2, 0) is 28.5 Å². The Kier molecular flexibility index (Phi) is 5.93. The lowest BCUT2D eigenvalue weighted by atomic mass is 10.2. The molecule has 6 heteroatoms. The Balaban J connectivity index is 2.14. The fraction of sp³-hybridized carbons (Fsp3) is 0.818. The second kappa shape index (κ2) is 7.24. The van der Waals surface area contributed by atoms with E-state index >= 15 is 0 Å². The summed E-state index contributed by atoms with van der Waals surface area (Å²) in [6.45, 7) is 2.31. The lowest BCUT2D eigenvalue weighted by Crippen LogP contribution is -2.29. The van der Waals surface area contributed by atoms with Crippen LogP contribution >= 0.6 is 0 Å². The molecule has 1 aliphatic rings. The predicted octanol–water partition coefficient (Wildman–Crippen LogP) is 0.287. The van der Waals surface area contributed by atoms with Crippen molar-refractivity contribution in [1.82, 2.24) is 0 Å². The number of ether oxygens (including phenoxy) is 4. The van der Waals surface area contributed by atoms with Crippen molar-refractivity contribution in [3.8, 4) is 0 Å². The van der Waals surface area contributed by atoms with E-state index in [0.717, 1.165) is 19.4 Å². The molecule has 1 saturated heterocycles. The smallest absolute Gasteiger partial charge is 0.344 e. The summed E-state index contributed by atoms with van der Waals surface area (Å²) in [5.74, 6) is -1.17. The highest BCUT2D eigenvalue weighted by molar-refractivity contribution is 5.78. The van der Waals surface area contributed by atoms with Crippen LogP contribution in [0.4, 0.5) is 0 Å². The van der Waals surface area contributed by atoms with Crippen LogP contribution in [0.25, 0.3) is 0 Å². The van der Waals surface area contributed by atoms with Gasteiger partial charge in [0.25, 0.3) is 0 Å². The molecule has 0 aliphatic carbocycles. The number of hydrogen-bond donors (Lipinski definition) is 0. The Hall–Kier alpha value is -1.14. The van der Waals surface area contributed by atoms with Gasteiger partial charge in [-0.05, 0) is 19.8 Å². The number of methoxy groups -OCH3 is 1. The van der Waals surface area contributed by atoms with E-state index in [2.05, 4.69) is 4.74 Å². The number of carbonyl (C=O) groups is 2. The van der Waals surface area contributed by atoms with Gasteiger partial charge in [0.05, 0.1) is 19.8 Å². The van der Waals surface area contributed by atoms with E-state index in [1.807, 2.05) is 0 Å².